The van der Waals surface area contributed by atoms with E-state index in [-0.39, 0.29) is 17.7 Å². The van der Waals surface area contributed by atoms with Gasteiger partial charge in [-0.15, -0.1) is 0 Å². The second-order valence-corrected chi connectivity index (χ2v) is 5.40. The number of rotatable bonds is 4. The van der Waals surface area contributed by atoms with Gasteiger partial charge in [0.2, 0.25) is 5.91 Å². The molecule has 0 saturated carbocycles. The van der Waals surface area contributed by atoms with Crippen LogP contribution >= 0.6 is 0 Å². The van der Waals surface area contributed by atoms with Gasteiger partial charge in [-0.25, -0.2) is 13.8 Å². The van der Waals surface area contributed by atoms with Crippen LogP contribution in [0, 0.1) is 11.6 Å². The molecule has 0 aliphatic heterocycles. The van der Waals surface area contributed by atoms with Gasteiger partial charge in [0, 0.05) is 5.69 Å². The summed E-state index contributed by atoms with van der Waals surface area (Å²) in [5, 5.41) is 0. The van der Waals surface area contributed by atoms with E-state index in [9.17, 15) is 18.4 Å². The number of hydrogen-bond acceptors (Lipinski definition) is 3. The summed E-state index contributed by atoms with van der Waals surface area (Å²) < 4.78 is 28.0. The zero-order valence-electron chi connectivity index (χ0n) is 13.4. The van der Waals surface area contributed by atoms with Crippen molar-refractivity contribution in [2.45, 2.75) is 6.42 Å². The Bertz CT molecular complexity index is 938. The number of halogens is 2. The minimum Gasteiger partial charge on any atom is -0.295 e. The van der Waals surface area contributed by atoms with Gasteiger partial charge in [0.1, 0.15) is 17.3 Å². The number of amides is 2. The van der Waals surface area contributed by atoms with Gasteiger partial charge in [-0.2, -0.15) is 0 Å². The standard InChI is InChI=1S/C18H14F2N4O2/c19-13-5-7-14(8-6-13)24-11-21-10-16(24)18(26)23-22-17(25)9-12-3-1-2-4-15(12)20/h1-8,10-11H,9H2,(H,22,25)(H,23,26). The van der Waals surface area contributed by atoms with Crippen LogP contribution in [0.3, 0.4) is 0 Å². The zero-order valence-corrected chi connectivity index (χ0v) is 13.4. The first-order valence-corrected chi connectivity index (χ1v) is 7.65. The molecule has 1 aromatic heterocycles. The number of aromatic nitrogens is 2. The molecule has 0 unspecified atom stereocenters. The van der Waals surface area contributed by atoms with E-state index >= 15 is 0 Å². The molecule has 0 bridgehead atoms. The lowest BCUT2D eigenvalue weighted by atomic mass is 10.1. The summed E-state index contributed by atoms with van der Waals surface area (Å²) in [6.45, 7) is 0. The first-order chi connectivity index (χ1) is 12.5. The number of benzene rings is 2. The van der Waals surface area contributed by atoms with Gasteiger partial charge < -0.3 is 0 Å². The number of nitrogens with zero attached hydrogens (tertiary/aromatic N) is 2. The van der Waals surface area contributed by atoms with Crippen LogP contribution in [0.2, 0.25) is 0 Å². The quantitative estimate of drug-likeness (QED) is 0.704. The number of imidazole rings is 1. The van der Waals surface area contributed by atoms with E-state index in [2.05, 4.69) is 15.8 Å². The Morgan fingerprint density at radius 3 is 2.46 bits per heavy atom. The first kappa shape index (κ1) is 17.3. The Kier molecular flexibility index (Phi) is 5.02. The van der Waals surface area contributed by atoms with E-state index in [4.69, 9.17) is 0 Å². The average molecular weight is 356 g/mol. The molecule has 0 saturated heterocycles. The van der Waals surface area contributed by atoms with Crippen molar-refractivity contribution >= 4 is 11.8 Å². The molecule has 0 aliphatic carbocycles. The second kappa shape index (κ2) is 7.56. The Morgan fingerprint density at radius 2 is 1.73 bits per heavy atom. The van der Waals surface area contributed by atoms with Crippen LogP contribution in [0.4, 0.5) is 8.78 Å². The largest absolute Gasteiger partial charge is 0.295 e. The van der Waals surface area contributed by atoms with Gasteiger partial charge in [0.25, 0.3) is 5.91 Å². The third-order valence-electron chi connectivity index (χ3n) is 3.60. The number of carbonyl (C=O) groups excluding carboxylic acids is 2. The van der Waals surface area contributed by atoms with E-state index < -0.39 is 23.4 Å². The molecular weight excluding hydrogens is 342 g/mol. The minimum absolute atomic E-state index is 0.141. The number of hydrogen-bond donors (Lipinski definition) is 2. The molecule has 3 rings (SSSR count). The Labute approximate surface area is 147 Å². The molecule has 8 heteroatoms. The molecule has 0 atom stereocenters. The summed E-state index contributed by atoms with van der Waals surface area (Å²) in [5.41, 5.74) is 5.37. The SMILES string of the molecule is O=C(Cc1ccccc1F)NNC(=O)c1cncn1-c1ccc(F)cc1. The third-order valence-corrected chi connectivity index (χ3v) is 3.60. The number of hydrazine groups is 1. The second-order valence-electron chi connectivity index (χ2n) is 5.40. The molecule has 0 fully saturated rings. The van der Waals surface area contributed by atoms with Crippen LogP contribution in [-0.4, -0.2) is 21.4 Å². The molecule has 6 nitrogen and oxygen atoms in total. The lowest BCUT2D eigenvalue weighted by Gasteiger charge is -2.10. The maximum atomic E-state index is 13.5. The Morgan fingerprint density at radius 1 is 1.00 bits per heavy atom. The van der Waals surface area contributed by atoms with Gasteiger partial charge in [-0.3, -0.25) is 25.0 Å². The lowest BCUT2D eigenvalue weighted by Crippen LogP contribution is -2.43. The molecule has 2 aromatic carbocycles. The van der Waals surface area contributed by atoms with Crippen molar-refractivity contribution in [3.05, 3.63) is 83.9 Å². The van der Waals surface area contributed by atoms with Gasteiger partial charge in [0.05, 0.1) is 18.9 Å². The third kappa shape index (κ3) is 3.92. The molecule has 0 spiro atoms. The van der Waals surface area contributed by atoms with Crippen LogP contribution < -0.4 is 10.9 Å². The fourth-order valence-electron chi connectivity index (χ4n) is 2.32. The highest BCUT2D eigenvalue weighted by atomic mass is 19.1. The Balaban J connectivity index is 1.64. The van der Waals surface area contributed by atoms with Crippen LogP contribution in [0.15, 0.2) is 61.1 Å². The molecule has 2 N–H and O–H groups in total. The van der Waals surface area contributed by atoms with Crippen molar-refractivity contribution in [2.24, 2.45) is 0 Å². The topological polar surface area (TPSA) is 76.0 Å². The maximum absolute atomic E-state index is 13.5. The molecule has 132 valence electrons. The number of nitrogens with one attached hydrogen (secondary N) is 2. The fourth-order valence-corrected chi connectivity index (χ4v) is 2.32. The predicted octanol–water partition coefficient (Wildman–Crippen LogP) is 2.15. The van der Waals surface area contributed by atoms with E-state index in [0.717, 1.165) is 0 Å². The highest BCUT2D eigenvalue weighted by Gasteiger charge is 2.14. The highest BCUT2D eigenvalue weighted by Crippen LogP contribution is 2.12. The van der Waals surface area contributed by atoms with Crippen LogP contribution in [-0.2, 0) is 11.2 Å². The van der Waals surface area contributed by atoms with Crippen molar-refractivity contribution < 1.29 is 18.4 Å². The lowest BCUT2D eigenvalue weighted by molar-refractivity contribution is -0.121. The van der Waals surface area contributed by atoms with Gasteiger partial charge in [-0.05, 0) is 35.9 Å². The molecule has 0 aliphatic rings. The zero-order chi connectivity index (χ0) is 18.5. The molecule has 0 radical (unpaired) electrons. The van der Waals surface area contributed by atoms with Gasteiger partial charge in [-0.1, -0.05) is 18.2 Å². The minimum atomic E-state index is -0.617. The summed E-state index contributed by atoms with van der Waals surface area (Å²) in [6.07, 6.45) is 2.48. The normalized spacial score (nSPS) is 10.4. The van der Waals surface area contributed by atoms with Crippen molar-refractivity contribution in [3.8, 4) is 5.69 Å². The van der Waals surface area contributed by atoms with Crippen molar-refractivity contribution in [3.63, 3.8) is 0 Å². The van der Waals surface area contributed by atoms with E-state index in [1.54, 1.807) is 6.07 Å². The highest BCUT2D eigenvalue weighted by molar-refractivity contribution is 5.94. The summed E-state index contributed by atoms with van der Waals surface area (Å²) in [6, 6.07) is 11.4. The summed E-state index contributed by atoms with van der Waals surface area (Å²) >= 11 is 0. The number of carbonyl (C=O) groups is 2. The molecule has 26 heavy (non-hydrogen) atoms. The van der Waals surface area contributed by atoms with Crippen molar-refractivity contribution in [1.29, 1.82) is 0 Å². The summed E-state index contributed by atoms with van der Waals surface area (Å²) in [7, 11) is 0. The van der Waals surface area contributed by atoms with Crippen LogP contribution in [0.1, 0.15) is 16.1 Å². The summed E-state index contributed by atoms with van der Waals surface area (Å²) in [5.74, 6) is -2.09. The van der Waals surface area contributed by atoms with E-state index in [0.29, 0.717) is 5.69 Å². The monoisotopic (exact) mass is 356 g/mol. The first-order valence-electron chi connectivity index (χ1n) is 7.65. The predicted molar refractivity (Wildman–Crippen MR) is 89.2 cm³/mol. The fraction of sp³-hybridized carbons (Fsp3) is 0.0556. The van der Waals surface area contributed by atoms with Crippen LogP contribution in [0.5, 0.6) is 0 Å². The molecular formula is C18H14F2N4O2. The van der Waals surface area contributed by atoms with E-state index in [1.807, 2.05) is 0 Å². The van der Waals surface area contributed by atoms with Gasteiger partial charge in [0.15, 0.2) is 0 Å². The molecule has 2 amide bonds. The van der Waals surface area contributed by atoms with Crippen molar-refractivity contribution in [2.75, 3.05) is 0 Å². The van der Waals surface area contributed by atoms with Gasteiger partial charge >= 0.3 is 0 Å². The van der Waals surface area contributed by atoms with Crippen molar-refractivity contribution in [1.82, 2.24) is 20.4 Å². The van der Waals surface area contributed by atoms with Crippen LogP contribution in [0.25, 0.3) is 5.69 Å². The van der Waals surface area contributed by atoms with E-state index in [1.165, 1.54) is 59.6 Å². The average Bonchev–Trinajstić information content (AvgIpc) is 3.12. The molecule has 1 heterocycles. The summed E-state index contributed by atoms with van der Waals surface area (Å²) in [4.78, 5) is 28.0. The Hall–Kier alpha value is -3.55. The molecule has 3 aromatic rings. The smallest absolute Gasteiger partial charge is 0.288 e. The maximum Gasteiger partial charge on any atom is 0.288 e.